The lowest BCUT2D eigenvalue weighted by Gasteiger charge is -2.02. The van der Waals surface area contributed by atoms with Crippen molar-refractivity contribution in [3.05, 3.63) is 35.3 Å². The van der Waals surface area contributed by atoms with Gasteiger partial charge < -0.3 is 8.98 Å². The van der Waals surface area contributed by atoms with E-state index < -0.39 is 0 Å². The maximum Gasteiger partial charge on any atom is 0.181 e. The Morgan fingerprint density at radius 2 is 2.29 bits per heavy atom. The Hall–Kier alpha value is -1.62. The van der Waals surface area contributed by atoms with Crippen LogP contribution in [-0.4, -0.2) is 14.5 Å². The monoisotopic (exact) mass is 291 g/mol. The fourth-order valence-electron chi connectivity index (χ4n) is 1.94. The lowest BCUT2D eigenvalue weighted by molar-refractivity contribution is 0.558. The van der Waals surface area contributed by atoms with Gasteiger partial charge in [-0.2, -0.15) is 0 Å². The average molecular weight is 292 g/mol. The molecule has 0 fully saturated rings. The van der Waals surface area contributed by atoms with E-state index in [2.05, 4.69) is 43.5 Å². The summed E-state index contributed by atoms with van der Waals surface area (Å²) in [6.07, 6.45) is 3.03. The van der Waals surface area contributed by atoms with Gasteiger partial charge >= 0.3 is 0 Å². The van der Waals surface area contributed by atoms with E-state index in [0.29, 0.717) is 0 Å². The minimum absolute atomic E-state index is 0.763. The first-order chi connectivity index (χ1) is 8.29. The Morgan fingerprint density at radius 3 is 3.00 bits per heavy atom. The number of fused-ring (bicyclic) bond motifs is 1. The predicted octanol–water partition coefficient (Wildman–Crippen LogP) is 3.47. The summed E-state index contributed by atoms with van der Waals surface area (Å²) >= 11 is 3.45. The molecule has 17 heavy (non-hydrogen) atoms. The zero-order valence-electron chi connectivity index (χ0n) is 9.22. The van der Waals surface area contributed by atoms with E-state index in [1.807, 2.05) is 12.1 Å². The van der Waals surface area contributed by atoms with Crippen molar-refractivity contribution in [1.29, 1.82) is 0 Å². The van der Waals surface area contributed by atoms with Gasteiger partial charge in [-0.25, -0.2) is 9.97 Å². The second-order valence-electron chi connectivity index (χ2n) is 3.69. The quantitative estimate of drug-likeness (QED) is 0.726. The van der Waals surface area contributed by atoms with Crippen LogP contribution in [-0.2, 0) is 6.54 Å². The van der Waals surface area contributed by atoms with Gasteiger partial charge in [0.15, 0.2) is 12.2 Å². The standard InChI is InChI=1S/C12H10BrN3O/c1-2-16-11-4-3-8(13)5-9(11)15-12(16)10-6-17-7-14-10/h3-7H,2H2,1H3. The Kier molecular flexibility index (Phi) is 2.48. The molecule has 0 N–H and O–H groups in total. The first kappa shape index (κ1) is 10.5. The number of benzene rings is 1. The van der Waals surface area contributed by atoms with Gasteiger partial charge in [0, 0.05) is 11.0 Å². The first-order valence-electron chi connectivity index (χ1n) is 5.34. The topological polar surface area (TPSA) is 43.9 Å². The van der Waals surface area contributed by atoms with Gasteiger partial charge in [0.1, 0.15) is 12.0 Å². The summed E-state index contributed by atoms with van der Waals surface area (Å²) in [7, 11) is 0. The highest BCUT2D eigenvalue weighted by Crippen LogP contribution is 2.25. The molecule has 0 radical (unpaired) electrons. The fourth-order valence-corrected chi connectivity index (χ4v) is 2.29. The van der Waals surface area contributed by atoms with Crippen molar-refractivity contribution in [2.24, 2.45) is 0 Å². The second-order valence-corrected chi connectivity index (χ2v) is 4.60. The molecule has 3 rings (SSSR count). The second kappa shape index (κ2) is 4.00. The van der Waals surface area contributed by atoms with Crippen molar-refractivity contribution in [2.75, 3.05) is 0 Å². The third kappa shape index (κ3) is 1.67. The van der Waals surface area contributed by atoms with Crippen molar-refractivity contribution in [3.8, 4) is 11.5 Å². The summed E-state index contributed by atoms with van der Waals surface area (Å²) in [4.78, 5) is 8.75. The number of aromatic nitrogens is 3. The van der Waals surface area contributed by atoms with Crippen molar-refractivity contribution in [2.45, 2.75) is 13.5 Å². The number of imidazole rings is 1. The van der Waals surface area contributed by atoms with Crippen molar-refractivity contribution in [1.82, 2.24) is 14.5 Å². The number of aryl methyl sites for hydroxylation is 1. The molecule has 0 bridgehead atoms. The highest BCUT2D eigenvalue weighted by molar-refractivity contribution is 9.10. The molecule has 3 aromatic rings. The average Bonchev–Trinajstić information content (AvgIpc) is 2.94. The molecule has 0 amide bonds. The molecule has 0 unspecified atom stereocenters. The van der Waals surface area contributed by atoms with E-state index in [1.54, 1.807) is 6.26 Å². The number of nitrogens with zero attached hydrogens (tertiary/aromatic N) is 3. The van der Waals surface area contributed by atoms with Crippen molar-refractivity contribution >= 4 is 27.0 Å². The molecular formula is C12H10BrN3O. The van der Waals surface area contributed by atoms with E-state index in [0.717, 1.165) is 33.6 Å². The number of hydrogen-bond donors (Lipinski definition) is 0. The van der Waals surface area contributed by atoms with Crippen LogP contribution in [0.2, 0.25) is 0 Å². The number of hydrogen-bond acceptors (Lipinski definition) is 3. The van der Waals surface area contributed by atoms with E-state index >= 15 is 0 Å². The lowest BCUT2D eigenvalue weighted by Crippen LogP contribution is -1.97. The minimum Gasteiger partial charge on any atom is -0.451 e. The molecule has 0 aliphatic heterocycles. The maximum atomic E-state index is 5.01. The van der Waals surface area contributed by atoms with Gasteiger partial charge in [-0.1, -0.05) is 15.9 Å². The zero-order chi connectivity index (χ0) is 11.8. The fraction of sp³-hybridized carbons (Fsp3) is 0.167. The Labute approximate surface area is 106 Å². The molecule has 0 atom stereocenters. The van der Waals surface area contributed by atoms with Crippen LogP contribution in [0.25, 0.3) is 22.6 Å². The van der Waals surface area contributed by atoms with Gasteiger partial charge in [0.25, 0.3) is 0 Å². The van der Waals surface area contributed by atoms with Crippen LogP contribution >= 0.6 is 15.9 Å². The molecule has 0 aliphatic rings. The zero-order valence-corrected chi connectivity index (χ0v) is 10.8. The summed E-state index contributed by atoms with van der Waals surface area (Å²) in [5.74, 6) is 0.842. The highest BCUT2D eigenvalue weighted by Gasteiger charge is 2.13. The maximum absolute atomic E-state index is 5.01. The van der Waals surface area contributed by atoms with Crippen LogP contribution in [0.5, 0.6) is 0 Å². The molecule has 0 spiro atoms. The van der Waals surface area contributed by atoms with Gasteiger partial charge in [-0.05, 0) is 25.1 Å². The summed E-state index contributed by atoms with van der Waals surface area (Å²) in [5.41, 5.74) is 2.83. The summed E-state index contributed by atoms with van der Waals surface area (Å²) in [6, 6.07) is 6.08. The lowest BCUT2D eigenvalue weighted by atomic mass is 10.3. The molecule has 4 nitrogen and oxygen atoms in total. The molecule has 2 aromatic heterocycles. The number of halogens is 1. The van der Waals surface area contributed by atoms with Gasteiger partial charge in [-0.15, -0.1) is 0 Å². The van der Waals surface area contributed by atoms with Gasteiger partial charge in [-0.3, -0.25) is 0 Å². The van der Waals surface area contributed by atoms with Crippen LogP contribution < -0.4 is 0 Å². The highest BCUT2D eigenvalue weighted by atomic mass is 79.9. The molecule has 0 saturated carbocycles. The van der Waals surface area contributed by atoms with Gasteiger partial charge in [0.2, 0.25) is 0 Å². The SMILES string of the molecule is CCn1c(-c2cocn2)nc2cc(Br)ccc21. The molecule has 5 heteroatoms. The van der Waals surface area contributed by atoms with Gasteiger partial charge in [0.05, 0.1) is 11.0 Å². The van der Waals surface area contributed by atoms with Crippen molar-refractivity contribution < 1.29 is 4.42 Å². The van der Waals surface area contributed by atoms with E-state index in [1.165, 1.54) is 6.39 Å². The molecule has 0 saturated heterocycles. The largest absolute Gasteiger partial charge is 0.451 e. The summed E-state index contributed by atoms with van der Waals surface area (Å²) < 4.78 is 8.16. The minimum atomic E-state index is 0.763. The normalized spacial score (nSPS) is 11.2. The Balaban J connectivity index is 2.31. The van der Waals surface area contributed by atoms with Crippen LogP contribution in [0.15, 0.2) is 39.7 Å². The number of rotatable bonds is 2. The molecular weight excluding hydrogens is 282 g/mol. The third-order valence-electron chi connectivity index (χ3n) is 2.69. The van der Waals surface area contributed by atoms with Crippen LogP contribution in [0, 0.1) is 0 Å². The number of oxazole rings is 1. The van der Waals surface area contributed by atoms with Crippen LogP contribution in [0.4, 0.5) is 0 Å². The van der Waals surface area contributed by atoms with Crippen molar-refractivity contribution in [3.63, 3.8) is 0 Å². The van der Waals surface area contributed by atoms with Crippen LogP contribution in [0.1, 0.15) is 6.92 Å². The third-order valence-corrected chi connectivity index (χ3v) is 3.18. The molecule has 0 aliphatic carbocycles. The first-order valence-corrected chi connectivity index (χ1v) is 6.13. The van der Waals surface area contributed by atoms with Crippen LogP contribution in [0.3, 0.4) is 0 Å². The summed E-state index contributed by atoms with van der Waals surface area (Å²) in [6.45, 7) is 2.94. The summed E-state index contributed by atoms with van der Waals surface area (Å²) in [5, 5.41) is 0. The van der Waals surface area contributed by atoms with E-state index in [9.17, 15) is 0 Å². The molecule has 86 valence electrons. The Bertz CT molecular complexity index is 658. The van der Waals surface area contributed by atoms with E-state index in [4.69, 9.17) is 4.42 Å². The smallest absolute Gasteiger partial charge is 0.181 e. The predicted molar refractivity (Wildman–Crippen MR) is 68.6 cm³/mol. The molecule has 1 aromatic carbocycles. The Morgan fingerprint density at radius 1 is 1.41 bits per heavy atom. The van der Waals surface area contributed by atoms with E-state index in [-0.39, 0.29) is 0 Å². The molecule has 2 heterocycles.